The molecule has 0 bridgehead atoms. The van der Waals surface area contributed by atoms with E-state index in [2.05, 4.69) is 10.3 Å². The van der Waals surface area contributed by atoms with E-state index in [9.17, 15) is 23.5 Å². The number of benzene rings is 3. The van der Waals surface area contributed by atoms with Crippen LogP contribution >= 0.6 is 0 Å². The van der Waals surface area contributed by atoms with Crippen LogP contribution in [-0.2, 0) is 9.59 Å². The second-order valence-corrected chi connectivity index (χ2v) is 8.08. The number of anilines is 1. The zero-order valence-corrected chi connectivity index (χ0v) is 18.6. The van der Waals surface area contributed by atoms with E-state index in [1.165, 1.54) is 17.9 Å². The van der Waals surface area contributed by atoms with E-state index in [0.717, 1.165) is 23.3 Å². The molecule has 0 radical (unpaired) electrons. The van der Waals surface area contributed by atoms with E-state index >= 15 is 0 Å². The van der Waals surface area contributed by atoms with Gasteiger partial charge in [0.25, 0.3) is 5.91 Å². The van der Waals surface area contributed by atoms with Crippen molar-refractivity contribution in [3.63, 3.8) is 0 Å². The van der Waals surface area contributed by atoms with Crippen molar-refractivity contribution in [1.82, 2.24) is 5.32 Å². The van der Waals surface area contributed by atoms with Crippen LogP contribution in [0.2, 0.25) is 0 Å². The summed E-state index contributed by atoms with van der Waals surface area (Å²) in [5.41, 5.74) is 2.73. The molecule has 2 amide bonds. The molecule has 3 atom stereocenters. The molecule has 0 saturated carbocycles. The lowest BCUT2D eigenvalue weighted by molar-refractivity contribution is -0.132. The van der Waals surface area contributed by atoms with Gasteiger partial charge in [-0.05, 0) is 23.8 Å². The van der Waals surface area contributed by atoms with Crippen LogP contribution in [0.4, 0.5) is 14.5 Å². The molecular weight excluding hydrogens is 440 g/mol. The maximum Gasteiger partial charge on any atom is 0.272 e. The summed E-state index contributed by atoms with van der Waals surface area (Å²) in [6.07, 6.45) is -2.66. The molecule has 34 heavy (non-hydrogen) atoms. The predicted octanol–water partition coefficient (Wildman–Crippen LogP) is 3.59. The third kappa shape index (κ3) is 4.45. The van der Waals surface area contributed by atoms with Crippen LogP contribution in [0, 0.1) is 17.6 Å². The van der Waals surface area contributed by atoms with Crippen LogP contribution in [0.5, 0.6) is 0 Å². The predicted molar refractivity (Wildman–Crippen MR) is 124 cm³/mol. The van der Waals surface area contributed by atoms with Crippen LogP contribution < -0.4 is 10.2 Å². The average Bonchev–Trinajstić information content (AvgIpc) is 2.96. The molecule has 6 nitrogen and oxygen atoms in total. The van der Waals surface area contributed by atoms with Gasteiger partial charge in [-0.3, -0.25) is 9.59 Å². The Bertz CT molecular complexity index is 1260. The highest BCUT2D eigenvalue weighted by molar-refractivity contribution is 6.20. The van der Waals surface area contributed by atoms with Gasteiger partial charge in [-0.25, -0.2) is 13.8 Å². The molecule has 1 aliphatic rings. The number of benzodiazepines with no additional fused rings is 1. The summed E-state index contributed by atoms with van der Waals surface area (Å²) in [5.74, 6) is -4.36. The maximum absolute atomic E-state index is 13.6. The second kappa shape index (κ2) is 9.52. The van der Waals surface area contributed by atoms with E-state index in [1.54, 1.807) is 13.1 Å². The molecule has 174 valence electrons. The first-order valence-corrected chi connectivity index (χ1v) is 10.7. The normalized spacial score (nSPS) is 17.3. The van der Waals surface area contributed by atoms with Crippen LogP contribution in [0.25, 0.3) is 0 Å². The van der Waals surface area contributed by atoms with Gasteiger partial charge in [0.15, 0.2) is 11.6 Å². The zero-order valence-electron chi connectivity index (χ0n) is 18.6. The van der Waals surface area contributed by atoms with Gasteiger partial charge < -0.3 is 15.3 Å². The Kier molecular flexibility index (Phi) is 6.51. The molecule has 0 aromatic heterocycles. The second-order valence-electron chi connectivity index (χ2n) is 8.08. The first-order valence-electron chi connectivity index (χ1n) is 10.7. The number of carbonyl (C=O) groups excluding carboxylic acids is 2. The summed E-state index contributed by atoms with van der Waals surface area (Å²) in [6, 6.07) is 19.5. The number of hydrogen-bond acceptors (Lipinski definition) is 4. The summed E-state index contributed by atoms with van der Waals surface area (Å²) < 4.78 is 26.8. The molecule has 3 aromatic carbocycles. The highest BCUT2D eigenvalue weighted by Crippen LogP contribution is 2.28. The third-order valence-corrected chi connectivity index (χ3v) is 5.84. The number of aliphatic hydroxyl groups is 1. The van der Waals surface area contributed by atoms with Gasteiger partial charge in [-0.2, -0.15) is 0 Å². The molecule has 1 aliphatic heterocycles. The quantitative estimate of drug-likeness (QED) is 0.607. The third-order valence-electron chi connectivity index (χ3n) is 5.84. The number of aliphatic hydroxyl groups excluding tert-OH is 1. The lowest BCUT2D eigenvalue weighted by atomic mass is 9.96. The Morgan fingerprint density at radius 1 is 1.03 bits per heavy atom. The first-order chi connectivity index (χ1) is 16.3. The minimum Gasteiger partial charge on any atom is -0.388 e. The molecule has 0 fully saturated rings. The minimum atomic E-state index is -1.41. The van der Waals surface area contributed by atoms with Crippen molar-refractivity contribution in [1.29, 1.82) is 0 Å². The molecule has 3 aromatic rings. The van der Waals surface area contributed by atoms with Crippen molar-refractivity contribution in [2.24, 2.45) is 10.9 Å². The van der Waals surface area contributed by atoms with Gasteiger partial charge in [0.05, 0.1) is 23.4 Å². The van der Waals surface area contributed by atoms with Crippen molar-refractivity contribution < 1.29 is 23.5 Å². The van der Waals surface area contributed by atoms with Gasteiger partial charge in [0.2, 0.25) is 12.1 Å². The van der Waals surface area contributed by atoms with E-state index in [-0.39, 0.29) is 5.56 Å². The van der Waals surface area contributed by atoms with Crippen LogP contribution in [-0.4, -0.2) is 35.8 Å². The highest BCUT2D eigenvalue weighted by atomic mass is 19.2. The molecule has 0 aliphatic carbocycles. The van der Waals surface area contributed by atoms with Crippen LogP contribution in [0.3, 0.4) is 0 Å². The molecule has 0 spiro atoms. The number of amides is 2. The Balaban J connectivity index is 1.65. The Morgan fingerprint density at radius 3 is 2.41 bits per heavy atom. The number of nitrogens with zero attached hydrogens (tertiary/aromatic N) is 2. The fourth-order valence-corrected chi connectivity index (χ4v) is 3.84. The average molecular weight is 463 g/mol. The van der Waals surface area contributed by atoms with Gasteiger partial charge >= 0.3 is 0 Å². The van der Waals surface area contributed by atoms with Gasteiger partial charge in [-0.15, -0.1) is 0 Å². The number of aliphatic imine (C=N–C) groups is 1. The molecule has 0 unspecified atom stereocenters. The number of carbonyl (C=O) groups is 2. The van der Waals surface area contributed by atoms with Crippen molar-refractivity contribution in [3.8, 4) is 0 Å². The monoisotopic (exact) mass is 463 g/mol. The molecule has 4 rings (SSSR count). The van der Waals surface area contributed by atoms with Gasteiger partial charge in [0.1, 0.15) is 0 Å². The largest absolute Gasteiger partial charge is 0.388 e. The van der Waals surface area contributed by atoms with E-state index in [1.807, 2.05) is 48.5 Å². The smallest absolute Gasteiger partial charge is 0.272 e. The minimum absolute atomic E-state index is 0.0479. The number of fused-ring (bicyclic) bond motifs is 1. The summed E-state index contributed by atoms with van der Waals surface area (Å²) in [7, 11) is 1.60. The van der Waals surface area contributed by atoms with E-state index < -0.39 is 41.6 Å². The fourth-order valence-electron chi connectivity index (χ4n) is 3.84. The molecule has 8 heteroatoms. The van der Waals surface area contributed by atoms with E-state index in [4.69, 9.17) is 0 Å². The molecule has 0 saturated heterocycles. The van der Waals surface area contributed by atoms with Gasteiger partial charge in [-0.1, -0.05) is 61.5 Å². The molecule has 1 heterocycles. The zero-order chi connectivity index (χ0) is 24.4. The number of hydrogen-bond donors (Lipinski definition) is 2. The number of rotatable bonds is 5. The van der Waals surface area contributed by atoms with Gasteiger partial charge in [0, 0.05) is 18.2 Å². The Labute approximate surface area is 195 Å². The molecular formula is C26H23F2N3O3. The lowest BCUT2D eigenvalue weighted by Gasteiger charge is -2.23. The van der Waals surface area contributed by atoms with Crippen LogP contribution in [0.15, 0.2) is 77.8 Å². The summed E-state index contributed by atoms with van der Waals surface area (Å²) >= 11 is 0. The van der Waals surface area contributed by atoms with Crippen molar-refractivity contribution in [3.05, 3.63) is 101 Å². The Morgan fingerprint density at radius 2 is 1.71 bits per heavy atom. The number of para-hydroxylation sites is 1. The van der Waals surface area contributed by atoms with Crippen molar-refractivity contribution in [2.75, 3.05) is 11.9 Å². The van der Waals surface area contributed by atoms with Crippen molar-refractivity contribution in [2.45, 2.75) is 19.2 Å². The number of halogens is 2. The maximum atomic E-state index is 13.6. The standard InChI is InChI=1S/C26H23F2N3O3/c1-15(23(32)17-12-13-19(27)20(28)14-17)25(33)30-24-26(34)31(2)21-11-7-6-10-18(21)22(29-24)16-8-4-3-5-9-16/h3-15,23-24,32H,1-2H3,(H,30,33)/t15-,23-,24-/m1/s1. The number of nitrogens with one attached hydrogen (secondary N) is 1. The first kappa shape index (κ1) is 23.3. The highest BCUT2D eigenvalue weighted by Gasteiger charge is 2.33. The lowest BCUT2D eigenvalue weighted by Crippen LogP contribution is -2.48. The van der Waals surface area contributed by atoms with Crippen molar-refractivity contribution >= 4 is 23.2 Å². The number of likely N-dealkylation sites (N-methyl/N-ethyl adjacent to an activating group) is 1. The Hall–Kier alpha value is -3.91. The fraction of sp³-hybridized carbons (Fsp3) is 0.192. The topological polar surface area (TPSA) is 82.0 Å². The molecule has 2 N–H and O–H groups in total. The van der Waals surface area contributed by atoms with Crippen LogP contribution in [0.1, 0.15) is 29.7 Å². The summed E-state index contributed by atoms with van der Waals surface area (Å²) in [5, 5.41) is 13.2. The summed E-state index contributed by atoms with van der Waals surface area (Å²) in [6.45, 7) is 1.43. The summed E-state index contributed by atoms with van der Waals surface area (Å²) in [4.78, 5) is 32.2. The van der Waals surface area contributed by atoms with E-state index in [0.29, 0.717) is 11.4 Å². The SMILES string of the molecule is C[C@@H](C(=O)N[C@H]1N=C(c2ccccc2)c2ccccc2N(C)C1=O)[C@@H](O)c1ccc(F)c(F)c1.